The lowest BCUT2D eigenvalue weighted by Crippen LogP contribution is -2.29. The number of imide groups is 1. The molecule has 3 aromatic rings. The number of carbonyl (C=O) groups excluding carboxylic acids is 3. The monoisotopic (exact) mass is 398 g/mol. The second-order valence-corrected chi connectivity index (χ2v) is 7.72. The fourth-order valence-corrected chi connectivity index (χ4v) is 3.57. The SMILES string of the molecule is Cc1ccccc1N1C(=O)c2ccc(C(=O)Nc3ccc(C(C)C)cc3)cc2C1=O. The van der Waals surface area contributed by atoms with Crippen LogP contribution in [0.5, 0.6) is 0 Å². The molecule has 0 saturated carbocycles. The van der Waals surface area contributed by atoms with Crippen LogP contribution in [0.3, 0.4) is 0 Å². The van der Waals surface area contributed by atoms with Gasteiger partial charge in [0.25, 0.3) is 17.7 Å². The Morgan fingerprint density at radius 1 is 0.867 bits per heavy atom. The molecular weight excluding hydrogens is 376 g/mol. The molecule has 0 fully saturated rings. The lowest BCUT2D eigenvalue weighted by Gasteiger charge is -2.16. The van der Waals surface area contributed by atoms with Gasteiger partial charge < -0.3 is 5.32 Å². The zero-order valence-corrected chi connectivity index (χ0v) is 17.1. The highest BCUT2D eigenvalue weighted by molar-refractivity contribution is 6.35. The first-order valence-corrected chi connectivity index (χ1v) is 9.86. The Kier molecular flexibility index (Phi) is 4.96. The number of anilines is 2. The van der Waals surface area contributed by atoms with Crippen molar-refractivity contribution in [2.24, 2.45) is 0 Å². The summed E-state index contributed by atoms with van der Waals surface area (Å²) >= 11 is 0. The number of rotatable bonds is 4. The van der Waals surface area contributed by atoms with Gasteiger partial charge >= 0.3 is 0 Å². The summed E-state index contributed by atoms with van der Waals surface area (Å²) in [4.78, 5) is 39.7. The number of carbonyl (C=O) groups is 3. The molecule has 0 atom stereocenters. The van der Waals surface area contributed by atoms with Gasteiger partial charge in [0.2, 0.25) is 0 Å². The third-order valence-corrected chi connectivity index (χ3v) is 5.34. The van der Waals surface area contributed by atoms with E-state index in [1.165, 1.54) is 16.5 Å². The number of hydrogen-bond acceptors (Lipinski definition) is 3. The molecule has 0 radical (unpaired) electrons. The quantitative estimate of drug-likeness (QED) is 0.617. The predicted molar refractivity (Wildman–Crippen MR) is 117 cm³/mol. The van der Waals surface area contributed by atoms with Gasteiger partial charge in [0.05, 0.1) is 16.8 Å². The molecule has 0 spiro atoms. The fourth-order valence-electron chi connectivity index (χ4n) is 3.57. The molecule has 0 aliphatic carbocycles. The number of amides is 3. The Hall–Kier alpha value is -3.73. The van der Waals surface area contributed by atoms with E-state index < -0.39 is 5.91 Å². The van der Waals surface area contributed by atoms with Gasteiger partial charge in [-0.1, -0.05) is 44.2 Å². The average molecular weight is 398 g/mol. The predicted octanol–water partition coefficient (Wildman–Crippen LogP) is 5.17. The minimum absolute atomic E-state index is 0.242. The maximum atomic E-state index is 13.0. The highest BCUT2D eigenvalue weighted by Crippen LogP contribution is 2.31. The van der Waals surface area contributed by atoms with Crippen LogP contribution in [0.1, 0.15) is 62.0 Å². The number of benzene rings is 3. The van der Waals surface area contributed by atoms with Gasteiger partial charge in [-0.15, -0.1) is 0 Å². The van der Waals surface area contributed by atoms with E-state index in [2.05, 4.69) is 19.2 Å². The molecule has 1 N–H and O–H groups in total. The molecule has 5 nitrogen and oxygen atoms in total. The van der Waals surface area contributed by atoms with E-state index in [1.807, 2.05) is 43.3 Å². The second kappa shape index (κ2) is 7.59. The van der Waals surface area contributed by atoms with Gasteiger partial charge in [-0.2, -0.15) is 0 Å². The molecule has 1 aliphatic heterocycles. The molecule has 0 unspecified atom stereocenters. The van der Waals surface area contributed by atoms with Crippen molar-refractivity contribution in [2.45, 2.75) is 26.7 Å². The van der Waals surface area contributed by atoms with Crippen LogP contribution in [0.15, 0.2) is 66.7 Å². The van der Waals surface area contributed by atoms with Crippen molar-refractivity contribution in [3.05, 3.63) is 94.5 Å². The van der Waals surface area contributed by atoms with Gasteiger partial charge in [0, 0.05) is 11.3 Å². The fraction of sp³-hybridized carbons (Fsp3) is 0.160. The molecule has 1 aliphatic rings. The Morgan fingerprint density at radius 2 is 1.53 bits per heavy atom. The highest BCUT2D eigenvalue weighted by Gasteiger charge is 2.37. The van der Waals surface area contributed by atoms with Gasteiger partial charge in [-0.25, -0.2) is 4.90 Å². The van der Waals surface area contributed by atoms with Gasteiger partial charge in [-0.3, -0.25) is 14.4 Å². The summed E-state index contributed by atoms with van der Waals surface area (Å²) in [5.41, 5.74) is 4.12. The first-order chi connectivity index (χ1) is 14.4. The number of nitrogens with zero attached hydrogens (tertiary/aromatic N) is 1. The van der Waals surface area contributed by atoms with Crippen LogP contribution in [0.2, 0.25) is 0 Å². The molecule has 3 aromatic carbocycles. The normalized spacial score (nSPS) is 13.0. The number of nitrogens with one attached hydrogen (secondary N) is 1. The average Bonchev–Trinajstić information content (AvgIpc) is 2.98. The maximum absolute atomic E-state index is 13.0. The van der Waals surface area contributed by atoms with Gasteiger partial charge in [0.15, 0.2) is 0 Å². The van der Waals surface area contributed by atoms with Gasteiger partial charge in [0.1, 0.15) is 0 Å². The van der Waals surface area contributed by atoms with Gasteiger partial charge in [-0.05, 0) is 60.4 Å². The van der Waals surface area contributed by atoms with Crippen LogP contribution in [0.25, 0.3) is 0 Å². The molecule has 150 valence electrons. The van der Waals surface area contributed by atoms with Crippen molar-refractivity contribution in [3.63, 3.8) is 0 Å². The zero-order chi connectivity index (χ0) is 21.4. The van der Waals surface area contributed by atoms with Crippen LogP contribution in [0.4, 0.5) is 11.4 Å². The van der Waals surface area contributed by atoms with E-state index in [9.17, 15) is 14.4 Å². The highest BCUT2D eigenvalue weighted by atomic mass is 16.2. The lowest BCUT2D eigenvalue weighted by molar-refractivity contribution is 0.0925. The Labute approximate surface area is 175 Å². The molecule has 3 amide bonds. The van der Waals surface area contributed by atoms with E-state index in [4.69, 9.17) is 0 Å². The van der Waals surface area contributed by atoms with E-state index in [-0.39, 0.29) is 17.4 Å². The minimum Gasteiger partial charge on any atom is -0.322 e. The summed E-state index contributed by atoms with van der Waals surface area (Å²) in [6.45, 7) is 6.07. The second-order valence-electron chi connectivity index (χ2n) is 7.72. The van der Waals surface area contributed by atoms with Crippen LogP contribution >= 0.6 is 0 Å². The van der Waals surface area contributed by atoms with Crippen molar-refractivity contribution < 1.29 is 14.4 Å². The summed E-state index contributed by atoms with van der Waals surface area (Å²) in [5, 5.41) is 2.84. The summed E-state index contributed by atoms with van der Waals surface area (Å²) in [5.74, 6) is -0.711. The third kappa shape index (κ3) is 3.39. The standard InChI is InChI=1S/C25H22N2O3/c1-15(2)17-8-11-19(12-9-17)26-23(28)18-10-13-20-21(14-18)25(30)27(24(20)29)22-7-5-4-6-16(22)3/h4-15H,1-3H3,(H,26,28). The van der Waals surface area contributed by atoms with E-state index in [0.29, 0.717) is 28.4 Å². The number of para-hydroxylation sites is 1. The van der Waals surface area contributed by atoms with E-state index >= 15 is 0 Å². The van der Waals surface area contributed by atoms with Crippen LogP contribution in [-0.4, -0.2) is 17.7 Å². The molecule has 0 aromatic heterocycles. The maximum Gasteiger partial charge on any atom is 0.266 e. The molecule has 0 bridgehead atoms. The topological polar surface area (TPSA) is 66.5 Å². The first-order valence-electron chi connectivity index (χ1n) is 9.86. The summed E-state index contributed by atoms with van der Waals surface area (Å²) in [6.07, 6.45) is 0. The van der Waals surface area contributed by atoms with Crippen molar-refractivity contribution in [1.82, 2.24) is 0 Å². The molecular formula is C25H22N2O3. The number of aryl methyl sites for hydroxylation is 1. The molecule has 30 heavy (non-hydrogen) atoms. The Morgan fingerprint density at radius 3 is 2.20 bits per heavy atom. The summed E-state index contributed by atoms with van der Waals surface area (Å²) < 4.78 is 0. The molecule has 1 heterocycles. The smallest absolute Gasteiger partial charge is 0.266 e. The number of fused-ring (bicyclic) bond motifs is 1. The van der Waals surface area contributed by atoms with Crippen molar-refractivity contribution in [2.75, 3.05) is 10.2 Å². The van der Waals surface area contributed by atoms with Crippen molar-refractivity contribution in [3.8, 4) is 0 Å². The third-order valence-electron chi connectivity index (χ3n) is 5.34. The molecule has 0 saturated heterocycles. The Balaban J connectivity index is 1.59. The van der Waals surface area contributed by atoms with Crippen molar-refractivity contribution in [1.29, 1.82) is 0 Å². The van der Waals surface area contributed by atoms with E-state index in [0.717, 1.165) is 5.56 Å². The summed E-state index contributed by atoms with van der Waals surface area (Å²) in [6, 6.07) is 19.5. The summed E-state index contributed by atoms with van der Waals surface area (Å²) in [7, 11) is 0. The zero-order valence-electron chi connectivity index (χ0n) is 17.1. The van der Waals surface area contributed by atoms with E-state index in [1.54, 1.807) is 24.3 Å². The Bertz CT molecular complexity index is 1160. The largest absolute Gasteiger partial charge is 0.322 e. The van der Waals surface area contributed by atoms with Crippen LogP contribution < -0.4 is 10.2 Å². The molecule has 5 heteroatoms. The van der Waals surface area contributed by atoms with Crippen LogP contribution in [0, 0.1) is 6.92 Å². The van der Waals surface area contributed by atoms with Crippen LogP contribution in [-0.2, 0) is 0 Å². The minimum atomic E-state index is -0.416. The lowest BCUT2D eigenvalue weighted by atomic mass is 10.0. The van der Waals surface area contributed by atoms with Crippen molar-refractivity contribution >= 4 is 29.1 Å². The molecule has 4 rings (SSSR count). The number of hydrogen-bond donors (Lipinski definition) is 1. The first kappa shape index (κ1) is 19.6.